The van der Waals surface area contributed by atoms with Gasteiger partial charge in [0, 0.05) is 19.7 Å². The highest BCUT2D eigenvalue weighted by molar-refractivity contribution is 5.33. The van der Waals surface area contributed by atoms with E-state index in [-0.39, 0.29) is 5.60 Å². The number of ether oxygens (including phenoxy) is 1. The number of nitrogens with one attached hydrogen (secondary N) is 1. The summed E-state index contributed by atoms with van der Waals surface area (Å²) in [6, 6.07) is 9.03. The molecule has 0 aromatic heterocycles. The van der Waals surface area contributed by atoms with E-state index in [1.54, 1.807) is 5.56 Å². The molecule has 0 bridgehead atoms. The van der Waals surface area contributed by atoms with Gasteiger partial charge in [-0.15, -0.1) is 0 Å². The molecule has 0 amide bonds. The van der Waals surface area contributed by atoms with Gasteiger partial charge in [0.1, 0.15) is 0 Å². The predicted octanol–water partition coefficient (Wildman–Crippen LogP) is 3.61. The van der Waals surface area contributed by atoms with Gasteiger partial charge in [-0.3, -0.25) is 0 Å². The fourth-order valence-electron chi connectivity index (χ4n) is 4.73. The van der Waals surface area contributed by atoms with Crippen molar-refractivity contribution in [3.8, 4) is 0 Å². The molecule has 2 unspecified atom stereocenters. The van der Waals surface area contributed by atoms with Gasteiger partial charge in [-0.05, 0) is 48.6 Å². The molecule has 20 heavy (non-hydrogen) atoms. The summed E-state index contributed by atoms with van der Waals surface area (Å²) in [5.74, 6) is 1.50. The second kappa shape index (κ2) is 5.16. The van der Waals surface area contributed by atoms with Gasteiger partial charge < -0.3 is 10.1 Å². The second-order valence-electron chi connectivity index (χ2n) is 6.93. The van der Waals surface area contributed by atoms with Crippen LogP contribution in [0.25, 0.3) is 0 Å². The molecule has 1 N–H and O–H groups in total. The zero-order chi connectivity index (χ0) is 13.4. The third-order valence-corrected chi connectivity index (χ3v) is 5.75. The van der Waals surface area contributed by atoms with Gasteiger partial charge in [-0.25, -0.2) is 0 Å². The lowest BCUT2D eigenvalue weighted by Gasteiger charge is -2.43. The molecule has 0 radical (unpaired) electrons. The molecule has 2 heterocycles. The first kappa shape index (κ1) is 12.8. The fourth-order valence-corrected chi connectivity index (χ4v) is 4.73. The lowest BCUT2D eigenvalue weighted by atomic mass is 9.73. The highest BCUT2D eigenvalue weighted by atomic mass is 16.5. The highest BCUT2D eigenvalue weighted by Gasteiger charge is 2.42. The van der Waals surface area contributed by atoms with Crippen molar-refractivity contribution in [2.24, 2.45) is 5.92 Å². The molecule has 2 heteroatoms. The number of hydrogen-bond acceptors (Lipinski definition) is 2. The normalized spacial score (nSPS) is 32.2. The Kier molecular flexibility index (Phi) is 3.31. The molecule has 1 aromatic rings. The summed E-state index contributed by atoms with van der Waals surface area (Å²) in [6.07, 6.45) is 7.85. The van der Waals surface area contributed by atoms with Gasteiger partial charge in [0.05, 0.1) is 5.60 Å². The van der Waals surface area contributed by atoms with Gasteiger partial charge in [-0.2, -0.15) is 0 Å². The van der Waals surface area contributed by atoms with Crippen LogP contribution in [0.1, 0.15) is 55.6 Å². The Labute approximate surface area is 121 Å². The Morgan fingerprint density at radius 1 is 1.15 bits per heavy atom. The molecule has 1 aromatic carbocycles. The van der Waals surface area contributed by atoms with Gasteiger partial charge in [0.25, 0.3) is 0 Å². The van der Waals surface area contributed by atoms with E-state index in [4.69, 9.17) is 4.74 Å². The van der Waals surface area contributed by atoms with E-state index in [1.807, 2.05) is 0 Å². The molecule has 1 spiro atoms. The SMILES string of the molecule is c1ccc2c(c1)CNCC2C1CCOC2(CCCC2)C1. The van der Waals surface area contributed by atoms with Crippen molar-refractivity contribution in [2.45, 2.75) is 56.6 Å². The average molecular weight is 271 g/mol. The van der Waals surface area contributed by atoms with E-state index >= 15 is 0 Å². The molecule has 4 rings (SSSR count). The van der Waals surface area contributed by atoms with Crippen molar-refractivity contribution in [2.75, 3.05) is 13.2 Å². The molecule has 1 aliphatic carbocycles. The fraction of sp³-hybridized carbons (Fsp3) is 0.667. The van der Waals surface area contributed by atoms with Gasteiger partial charge in [0.2, 0.25) is 0 Å². The van der Waals surface area contributed by atoms with Crippen molar-refractivity contribution in [1.29, 1.82) is 0 Å². The van der Waals surface area contributed by atoms with Crippen molar-refractivity contribution in [3.63, 3.8) is 0 Å². The van der Waals surface area contributed by atoms with Crippen LogP contribution in [0.4, 0.5) is 0 Å². The first-order valence-electron chi connectivity index (χ1n) is 8.29. The number of rotatable bonds is 1. The second-order valence-corrected chi connectivity index (χ2v) is 6.93. The Morgan fingerprint density at radius 2 is 2.00 bits per heavy atom. The predicted molar refractivity (Wildman–Crippen MR) is 80.8 cm³/mol. The Bertz CT molecular complexity index is 478. The highest BCUT2D eigenvalue weighted by Crippen LogP contribution is 2.46. The number of hydrogen-bond donors (Lipinski definition) is 1. The first-order valence-corrected chi connectivity index (χ1v) is 8.29. The molecular weight excluding hydrogens is 246 g/mol. The van der Waals surface area contributed by atoms with Crippen LogP contribution in [0.5, 0.6) is 0 Å². The van der Waals surface area contributed by atoms with Crippen LogP contribution < -0.4 is 5.32 Å². The minimum Gasteiger partial charge on any atom is -0.375 e. The summed E-state index contributed by atoms with van der Waals surface area (Å²) in [5, 5.41) is 3.63. The van der Waals surface area contributed by atoms with Crippen molar-refractivity contribution < 1.29 is 4.74 Å². The maximum Gasteiger partial charge on any atom is 0.0685 e. The summed E-state index contributed by atoms with van der Waals surface area (Å²) in [5.41, 5.74) is 3.36. The molecule has 1 saturated carbocycles. The lowest BCUT2D eigenvalue weighted by molar-refractivity contribution is -0.0967. The van der Waals surface area contributed by atoms with Crippen LogP contribution in [0.3, 0.4) is 0 Å². The van der Waals surface area contributed by atoms with Crippen molar-refractivity contribution in [3.05, 3.63) is 35.4 Å². The van der Waals surface area contributed by atoms with Crippen molar-refractivity contribution >= 4 is 0 Å². The van der Waals surface area contributed by atoms with Gasteiger partial charge in [0.15, 0.2) is 0 Å². The Balaban J connectivity index is 1.58. The lowest BCUT2D eigenvalue weighted by Crippen LogP contribution is -2.42. The van der Waals surface area contributed by atoms with Crippen molar-refractivity contribution in [1.82, 2.24) is 5.32 Å². The smallest absolute Gasteiger partial charge is 0.0685 e. The summed E-state index contributed by atoms with van der Waals surface area (Å²) in [7, 11) is 0. The molecular formula is C18H25NO. The molecule has 2 aliphatic heterocycles. The van der Waals surface area contributed by atoms with E-state index < -0.39 is 0 Å². The third kappa shape index (κ3) is 2.19. The van der Waals surface area contributed by atoms with Gasteiger partial charge >= 0.3 is 0 Å². The largest absolute Gasteiger partial charge is 0.375 e. The van der Waals surface area contributed by atoms with Crippen LogP contribution in [0, 0.1) is 5.92 Å². The minimum atomic E-state index is 0.245. The van der Waals surface area contributed by atoms with Crippen LogP contribution in [-0.2, 0) is 11.3 Å². The van der Waals surface area contributed by atoms with Crippen LogP contribution in [0.15, 0.2) is 24.3 Å². The molecule has 1 saturated heterocycles. The quantitative estimate of drug-likeness (QED) is 0.842. The molecule has 2 nitrogen and oxygen atoms in total. The third-order valence-electron chi connectivity index (χ3n) is 5.75. The van der Waals surface area contributed by atoms with E-state index in [1.165, 1.54) is 44.1 Å². The molecule has 3 aliphatic rings. The summed E-state index contributed by atoms with van der Waals surface area (Å²) in [6.45, 7) is 3.17. The van der Waals surface area contributed by atoms with Crippen LogP contribution >= 0.6 is 0 Å². The maximum absolute atomic E-state index is 6.22. The zero-order valence-electron chi connectivity index (χ0n) is 12.2. The molecule has 108 valence electrons. The molecule has 2 fully saturated rings. The first-order chi connectivity index (χ1) is 9.86. The summed E-state index contributed by atoms with van der Waals surface area (Å²) < 4.78 is 6.22. The van der Waals surface area contributed by atoms with Gasteiger partial charge in [-0.1, -0.05) is 37.1 Å². The standard InChI is InChI=1S/C18H25NO/c1-2-6-16-15(5-1)12-19-13-17(16)14-7-10-20-18(11-14)8-3-4-9-18/h1-2,5-6,14,17,19H,3-4,7-13H2. The number of fused-ring (bicyclic) bond motifs is 1. The Morgan fingerprint density at radius 3 is 2.90 bits per heavy atom. The minimum absolute atomic E-state index is 0.245. The molecule has 2 atom stereocenters. The maximum atomic E-state index is 6.22. The topological polar surface area (TPSA) is 21.3 Å². The van der Waals surface area contributed by atoms with Crippen LogP contribution in [-0.4, -0.2) is 18.8 Å². The zero-order valence-corrected chi connectivity index (χ0v) is 12.2. The van der Waals surface area contributed by atoms with E-state index in [0.717, 1.165) is 25.6 Å². The van der Waals surface area contributed by atoms with E-state index in [0.29, 0.717) is 5.92 Å². The Hall–Kier alpha value is -0.860. The summed E-state index contributed by atoms with van der Waals surface area (Å²) >= 11 is 0. The van der Waals surface area contributed by atoms with E-state index in [2.05, 4.69) is 29.6 Å². The monoisotopic (exact) mass is 271 g/mol. The summed E-state index contributed by atoms with van der Waals surface area (Å²) in [4.78, 5) is 0. The van der Waals surface area contributed by atoms with E-state index in [9.17, 15) is 0 Å². The van der Waals surface area contributed by atoms with Crippen LogP contribution in [0.2, 0.25) is 0 Å². The number of benzene rings is 1. The average Bonchev–Trinajstić information content (AvgIpc) is 2.94.